The normalized spacial score (nSPS) is 17.3. The lowest BCUT2D eigenvalue weighted by Crippen LogP contribution is -2.39. The molecule has 0 N–H and O–H groups in total. The molecule has 1 aliphatic carbocycles. The molecule has 1 aromatic heterocycles. The van der Waals surface area contributed by atoms with E-state index in [0.717, 1.165) is 58.7 Å². The van der Waals surface area contributed by atoms with Gasteiger partial charge in [0.1, 0.15) is 11.5 Å². The van der Waals surface area contributed by atoms with Gasteiger partial charge in [-0.15, -0.1) is 0 Å². The lowest BCUT2D eigenvalue weighted by molar-refractivity contribution is -0.384. The molecule has 2 aliphatic rings. The van der Waals surface area contributed by atoms with Crippen LogP contribution in [0, 0.1) is 10.1 Å². The Bertz CT molecular complexity index is 1900. The number of non-ortho nitro benzene ring substituents is 1. The molecule has 0 radical (unpaired) electrons. The highest BCUT2D eigenvalue weighted by atomic mass is 32.1. The van der Waals surface area contributed by atoms with E-state index in [0.29, 0.717) is 28.1 Å². The molecule has 0 bridgehead atoms. The van der Waals surface area contributed by atoms with Crippen LogP contribution in [0.5, 0.6) is 11.5 Å². The Balaban J connectivity index is 1.49. The van der Waals surface area contributed by atoms with Gasteiger partial charge in [0.15, 0.2) is 4.80 Å². The fourth-order valence-electron chi connectivity index (χ4n) is 5.64. The van der Waals surface area contributed by atoms with Crippen LogP contribution in [-0.4, -0.2) is 22.7 Å². The van der Waals surface area contributed by atoms with Crippen molar-refractivity contribution in [1.29, 1.82) is 0 Å². The minimum Gasteiger partial charge on any atom is -0.494 e. The zero-order chi connectivity index (χ0) is 29.9. The number of fused-ring (bicyclic) bond motifs is 1. The Morgan fingerprint density at radius 3 is 2.14 bits per heavy atom. The van der Waals surface area contributed by atoms with Crippen molar-refractivity contribution in [3.05, 3.63) is 136 Å². The van der Waals surface area contributed by atoms with Crippen LogP contribution in [0.25, 0.3) is 12.2 Å². The molecule has 0 amide bonds. The maximum atomic E-state index is 14.0. The van der Waals surface area contributed by atoms with E-state index in [1.807, 2.05) is 50.2 Å². The first kappa shape index (κ1) is 28.4. The van der Waals surface area contributed by atoms with E-state index in [-0.39, 0.29) is 17.3 Å². The number of allylic oxidation sites excluding steroid dienone is 2. The number of ether oxygens (including phenoxy) is 2. The molecule has 1 atom stereocenters. The molecule has 0 saturated carbocycles. The molecule has 8 nitrogen and oxygen atoms in total. The molecule has 4 aromatic rings. The molecule has 6 rings (SSSR count). The zero-order valence-corrected chi connectivity index (χ0v) is 24.8. The smallest absolute Gasteiger partial charge is 0.271 e. The fraction of sp³-hybridized carbons (Fsp3) is 0.235. The first-order valence-corrected chi connectivity index (χ1v) is 15.2. The van der Waals surface area contributed by atoms with Gasteiger partial charge in [-0.1, -0.05) is 35.6 Å². The second-order valence-electron chi connectivity index (χ2n) is 10.3. The van der Waals surface area contributed by atoms with Crippen molar-refractivity contribution in [3.8, 4) is 11.5 Å². The van der Waals surface area contributed by atoms with Crippen molar-refractivity contribution >= 4 is 29.2 Å². The summed E-state index contributed by atoms with van der Waals surface area (Å²) in [6.07, 6.45) is 6.65. The third-order valence-electron chi connectivity index (χ3n) is 7.57. The number of nitrogens with zero attached hydrogens (tertiary/aromatic N) is 3. The summed E-state index contributed by atoms with van der Waals surface area (Å²) in [7, 11) is 0. The minimum atomic E-state index is -0.433. The summed E-state index contributed by atoms with van der Waals surface area (Å²) < 4.78 is 13.6. The van der Waals surface area contributed by atoms with Crippen LogP contribution in [-0.2, 0) is 0 Å². The second kappa shape index (κ2) is 12.2. The van der Waals surface area contributed by atoms with E-state index in [1.165, 1.54) is 23.5 Å². The highest BCUT2D eigenvalue weighted by Crippen LogP contribution is 2.41. The van der Waals surface area contributed by atoms with Gasteiger partial charge in [-0.3, -0.25) is 19.5 Å². The van der Waals surface area contributed by atoms with Gasteiger partial charge in [-0.2, -0.15) is 0 Å². The van der Waals surface area contributed by atoms with Crippen LogP contribution < -0.4 is 24.4 Å². The lowest BCUT2D eigenvalue weighted by atomic mass is 9.84. The van der Waals surface area contributed by atoms with Crippen molar-refractivity contribution in [1.82, 2.24) is 4.57 Å². The SMILES string of the molecule is CCOc1ccc(/C=C2\CCCC3=C2N=c2s/c(=C\c4ccc([N+](=O)[O-])cc4)c(=O)n2C3c2ccc(OCC)cc2)cc1. The van der Waals surface area contributed by atoms with E-state index in [9.17, 15) is 14.9 Å². The molecule has 0 spiro atoms. The molecule has 218 valence electrons. The summed E-state index contributed by atoms with van der Waals surface area (Å²) in [6.45, 7) is 5.12. The molecule has 2 heterocycles. The summed E-state index contributed by atoms with van der Waals surface area (Å²) in [6, 6.07) is 21.9. The molecule has 43 heavy (non-hydrogen) atoms. The number of hydrogen-bond donors (Lipinski definition) is 0. The molecular formula is C34H31N3O5S. The Morgan fingerprint density at radius 2 is 1.51 bits per heavy atom. The predicted molar refractivity (Wildman–Crippen MR) is 168 cm³/mol. The Morgan fingerprint density at radius 1 is 0.907 bits per heavy atom. The summed E-state index contributed by atoms with van der Waals surface area (Å²) in [5.74, 6) is 1.62. The maximum Gasteiger partial charge on any atom is 0.271 e. The first-order valence-electron chi connectivity index (χ1n) is 14.4. The van der Waals surface area contributed by atoms with Gasteiger partial charge < -0.3 is 9.47 Å². The van der Waals surface area contributed by atoms with Gasteiger partial charge in [0.2, 0.25) is 0 Å². The quantitative estimate of drug-likeness (QED) is 0.179. The predicted octanol–water partition coefficient (Wildman–Crippen LogP) is 6.19. The average molecular weight is 594 g/mol. The van der Waals surface area contributed by atoms with E-state index in [4.69, 9.17) is 14.5 Å². The van der Waals surface area contributed by atoms with Gasteiger partial charge in [0, 0.05) is 12.1 Å². The summed E-state index contributed by atoms with van der Waals surface area (Å²) in [5.41, 5.74) is 5.88. The maximum absolute atomic E-state index is 14.0. The van der Waals surface area contributed by atoms with Gasteiger partial charge in [-0.05, 0) is 109 Å². The second-order valence-corrected chi connectivity index (χ2v) is 11.3. The summed E-state index contributed by atoms with van der Waals surface area (Å²) in [4.78, 5) is 30.4. The lowest BCUT2D eigenvalue weighted by Gasteiger charge is -2.31. The van der Waals surface area contributed by atoms with Crippen LogP contribution in [0.2, 0.25) is 0 Å². The number of aromatic nitrogens is 1. The number of thiazole rings is 1. The number of nitro groups is 1. The van der Waals surface area contributed by atoms with Crippen LogP contribution in [0.1, 0.15) is 55.8 Å². The Labute approximate surface area is 252 Å². The Hall–Kier alpha value is -4.76. The number of nitro benzene ring substituents is 1. The van der Waals surface area contributed by atoms with E-state index < -0.39 is 4.92 Å². The summed E-state index contributed by atoms with van der Waals surface area (Å²) in [5, 5.41) is 11.1. The molecule has 3 aromatic carbocycles. The molecule has 0 fully saturated rings. The molecule has 0 saturated heterocycles. The van der Waals surface area contributed by atoms with Crippen molar-refractivity contribution in [2.24, 2.45) is 4.99 Å². The topological polar surface area (TPSA) is 96.0 Å². The van der Waals surface area contributed by atoms with Crippen LogP contribution in [0.4, 0.5) is 5.69 Å². The number of hydrogen-bond acceptors (Lipinski definition) is 7. The van der Waals surface area contributed by atoms with Crippen molar-refractivity contribution < 1.29 is 14.4 Å². The monoisotopic (exact) mass is 593 g/mol. The summed E-state index contributed by atoms with van der Waals surface area (Å²) >= 11 is 1.34. The van der Waals surface area contributed by atoms with Crippen LogP contribution in [0.3, 0.4) is 0 Å². The molecule has 1 unspecified atom stereocenters. The Kier molecular flexibility index (Phi) is 8.07. The number of rotatable bonds is 8. The first-order chi connectivity index (χ1) is 20.9. The van der Waals surface area contributed by atoms with E-state index in [2.05, 4.69) is 18.2 Å². The molecule has 1 aliphatic heterocycles. The van der Waals surface area contributed by atoms with Crippen molar-refractivity contribution in [2.45, 2.75) is 39.2 Å². The minimum absolute atomic E-state index is 0.00799. The zero-order valence-electron chi connectivity index (χ0n) is 24.0. The van der Waals surface area contributed by atoms with Gasteiger partial charge in [0.05, 0.1) is 34.4 Å². The van der Waals surface area contributed by atoms with E-state index in [1.54, 1.807) is 22.8 Å². The fourth-order valence-corrected chi connectivity index (χ4v) is 6.64. The van der Waals surface area contributed by atoms with Crippen molar-refractivity contribution in [3.63, 3.8) is 0 Å². The number of benzene rings is 3. The molecule has 9 heteroatoms. The van der Waals surface area contributed by atoms with Crippen LogP contribution in [0.15, 0.2) is 99.4 Å². The highest BCUT2D eigenvalue weighted by Gasteiger charge is 2.32. The standard InChI is InChI=1S/C34H31N3O5S/c1-3-41-27-16-10-22(11-17-27)20-25-6-5-7-29-31(25)35-34-36(32(29)24-12-18-28(19-13-24)42-4-2)33(38)30(43-34)21-23-8-14-26(15-9-23)37(39)40/h8-21,32H,3-7H2,1-2H3/b25-20+,30-21-. The highest BCUT2D eigenvalue weighted by molar-refractivity contribution is 7.07. The third kappa shape index (κ3) is 5.81. The third-order valence-corrected chi connectivity index (χ3v) is 8.56. The van der Waals surface area contributed by atoms with Crippen LogP contribution >= 0.6 is 11.3 Å². The van der Waals surface area contributed by atoms with Gasteiger partial charge >= 0.3 is 0 Å². The van der Waals surface area contributed by atoms with Crippen molar-refractivity contribution in [2.75, 3.05) is 13.2 Å². The molecular weight excluding hydrogens is 562 g/mol. The average Bonchev–Trinajstić information content (AvgIpc) is 3.32. The van der Waals surface area contributed by atoms with Gasteiger partial charge in [0.25, 0.3) is 11.2 Å². The van der Waals surface area contributed by atoms with Gasteiger partial charge in [-0.25, -0.2) is 4.99 Å². The van der Waals surface area contributed by atoms with E-state index >= 15 is 0 Å². The largest absolute Gasteiger partial charge is 0.494 e.